The average Bonchev–Trinajstić information content (AvgIpc) is 3.28. The van der Waals surface area contributed by atoms with Gasteiger partial charge >= 0.3 is 12.1 Å². The van der Waals surface area contributed by atoms with Crippen LogP contribution in [0.2, 0.25) is 0 Å². The van der Waals surface area contributed by atoms with Crippen LogP contribution in [0.1, 0.15) is 49.7 Å². The Kier molecular flexibility index (Phi) is 11.1. The topological polar surface area (TPSA) is 146 Å². The molecule has 1 atom stereocenters. The van der Waals surface area contributed by atoms with E-state index in [1.807, 2.05) is 29.2 Å². The number of hydrogen-bond donors (Lipinski definition) is 4. The number of carbonyl (C=O) groups excluding carboxylic acids is 3. The lowest BCUT2D eigenvalue weighted by molar-refractivity contribution is -0.143. The van der Waals surface area contributed by atoms with Crippen LogP contribution in [0.4, 0.5) is 15.3 Å². The number of fused-ring (bicyclic) bond motifs is 1. The molecule has 4 aliphatic heterocycles. The first-order valence-electron chi connectivity index (χ1n) is 17.3. The normalized spacial score (nSPS) is 21.4. The van der Waals surface area contributed by atoms with Gasteiger partial charge in [-0.3, -0.25) is 4.79 Å². The molecule has 0 unspecified atom stereocenters. The number of benzene rings is 2. The predicted octanol–water partition coefficient (Wildman–Crippen LogP) is 2.36. The van der Waals surface area contributed by atoms with Gasteiger partial charge in [-0.2, -0.15) is 0 Å². The minimum Gasteiger partial charge on any atom is -0.507 e. The van der Waals surface area contributed by atoms with Crippen molar-refractivity contribution in [3.63, 3.8) is 0 Å². The minimum atomic E-state index is -1.10. The molecule has 2 radical (unpaired) electrons. The van der Waals surface area contributed by atoms with Gasteiger partial charge < -0.3 is 45.0 Å². The molecule has 0 bridgehead atoms. The van der Waals surface area contributed by atoms with Crippen LogP contribution >= 0.6 is 15.9 Å². The van der Waals surface area contributed by atoms with Gasteiger partial charge in [-0.15, -0.1) is 0 Å². The summed E-state index contributed by atoms with van der Waals surface area (Å²) in [6, 6.07) is 11.2. The number of para-hydroxylation sites is 1. The standard InChI is InChI=1S/C35H45BBrN5O7/c36-27-19-23(20-28(37)31(27)44)21-30(32(45)40-12-6-25(7-13-40)39-17-10-35(48,22-43)11-18-39)49-34(47)41-14-8-26(9-15-41)42-16-5-24-3-1-2-4-29(24)38-33(42)46/h1-4,19-20,25-26,30,43-44,48H,5-18,21-22H2,(H,38,46)/t30-/m1/s1. The zero-order valence-electron chi connectivity index (χ0n) is 27.7. The van der Waals surface area contributed by atoms with Crippen molar-refractivity contribution in [1.29, 1.82) is 0 Å². The molecule has 14 heteroatoms. The Balaban J connectivity index is 1.07. The van der Waals surface area contributed by atoms with Crippen molar-refractivity contribution in [1.82, 2.24) is 19.6 Å². The Bertz CT molecular complexity index is 1500. The summed E-state index contributed by atoms with van der Waals surface area (Å²) in [6.07, 6.45) is 2.90. The number of phenols is 1. The van der Waals surface area contributed by atoms with Gasteiger partial charge in [0.15, 0.2) is 6.10 Å². The van der Waals surface area contributed by atoms with Crippen LogP contribution in [0, 0.1) is 0 Å². The fourth-order valence-electron chi connectivity index (χ4n) is 7.60. The molecule has 0 saturated carbocycles. The van der Waals surface area contributed by atoms with Gasteiger partial charge in [0.05, 0.1) is 16.7 Å². The lowest BCUT2D eigenvalue weighted by Gasteiger charge is -2.44. The summed E-state index contributed by atoms with van der Waals surface area (Å²) >= 11 is 3.32. The Morgan fingerprint density at radius 1 is 0.980 bits per heavy atom. The van der Waals surface area contributed by atoms with Gasteiger partial charge in [0.1, 0.15) is 13.6 Å². The number of hydrogen-bond acceptors (Lipinski definition) is 8. The number of aliphatic hydroxyl groups excluding tert-OH is 1. The fourth-order valence-corrected chi connectivity index (χ4v) is 8.13. The third-order valence-electron chi connectivity index (χ3n) is 10.7. The summed E-state index contributed by atoms with van der Waals surface area (Å²) in [6.45, 7) is 3.55. The molecule has 262 valence electrons. The van der Waals surface area contributed by atoms with Gasteiger partial charge in [-0.25, -0.2) is 9.59 Å². The Hall–Kier alpha value is -3.33. The summed E-state index contributed by atoms with van der Waals surface area (Å²) in [5.74, 6) is -0.371. The van der Waals surface area contributed by atoms with Gasteiger partial charge in [0, 0.05) is 70.0 Å². The largest absolute Gasteiger partial charge is 0.507 e. The molecule has 12 nitrogen and oxygen atoms in total. The number of likely N-dealkylation sites (tertiary alicyclic amines) is 3. The van der Waals surface area contributed by atoms with Crippen molar-refractivity contribution in [3.05, 3.63) is 52.0 Å². The van der Waals surface area contributed by atoms with Crippen LogP contribution in [0.25, 0.3) is 0 Å². The van der Waals surface area contributed by atoms with E-state index in [9.17, 15) is 29.7 Å². The quantitative estimate of drug-likeness (QED) is 0.317. The molecular weight excluding hydrogens is 693 g/mol. The van der Waals surface area contributed by atoms with E-state index in [1.165, 1.54) is 0 Å². The van der Waals surface area contributed by atoms with E-state index in [0.717, 1.165) is 30.5 Å². The summed E-state index contributed by atoms with van der Waals surface area (Å²) in [4.78, 5) is 48.2. The van der Waals surface area contributed by atoms with Crippen LogP contribution in [-0.4, -0.2) is 137 Å². The first-order valence-corrected chi connectivity index (χ1v) is 18.1. The maximum absolute atomic E-state index is 14.0. The molecule has 6 rings (SSSR count). The molecule has 4 N–H and O–H groups in total. The van der Waals surface area contributed by atoms with Crippen molar-refractivity contribution in [2.24, 2.45) is 0 Å². The van der Waals surface area contributed by atoms with E-state index in [4.69, 9.17) is 12.6 Å². The predicted molar refractivity (Wildman–Crippen MR) is 188 cm³/mol. The Labute approximate surface area is 296 Å². The van der Waals surface area contributed by atoms with E-state index < -0.39 is 17.8 Å². The summed E-state index contributed by atoms with van der Waals surface area (Å²) < 4.78 is 6.37. The number of amides is 4. The van der Waals surface area contributed by atoms with Crippen molar-refractivity contribution < 1.29 is 34.4 Å². The lowest BCUT2D eigenvalue weighted by Crippen LogP contribution is -2.54. The summed E-state index contributed by atoms with van der Waals surface area (Å²) in [5, 5.41) is 33.1. The highest BCUT2D eigenvalue weighted by Gasteiger charge is 2.38. The molecule has 4 heterocycles. The second kappa shape index (κ2) is 15.3. The zero-order chi connectivity index (χ0) is 34.7. The average molecular weight is 738 g/mol. The number of ether oxygens (including phenoxy) is 1. The van der Waals surface area contributed by atoms with Crippen LogP contribution in [-0.2, 0) is 22.4 Å². The first-order chi connectivity index (χ1) is 23.5. The summed E-state index contributed by atoms with van der Waals surface area (Å²) in [7, 11) is 6.01. The van der Waals surface area contributed by atoms with E-state index in [1.54, 1.807) is 21.9 Å². The summed E-state index contributed by atoms with van der Waals surface area (Å²) in [5.41, 5.74) is 1.71. The molecule has 4 aliphatic rings. The third kappa shape index (κ3) is 8.19. The number of urea groups is 1. The minimum absolute atomic E-state index is 0.0215. The van der Waals surface area contributed by atoms with E-state index in [2.05, 4.69) is 26.1 Å². The molecule has 0 aromatic heterocycles. The highest BCUT2D eigenvalue weighted by atomic mass is 79.9. The number of piperidine rings is 3. The maximum Gasteiger partial charge on any atom is 0.410 e. The first kappa shape index (κ1) is 35.5. The van der Waals surface area contributed by atoms with Crippen LogP contribution < -0.4 is 10.8 Å². The monoisotopic (exact) mass is 737 g/mol. The van der Waals surface area contributed by atoms with E-state index >= 15 is 0 Å². The smallest absolute Gasteiger partial charge is 0.410 e. The van der Waals surface area contributed by atoms with E-state index in [0.29, 0.717) is 81.5 Å². The molecule has 2 aromatic rings. The number of rotatable bonds is 7. The number of aromatic hydroxyl groups is 1. The molecule has 2 aromatic carbocycles. The van der Waals surface area contributed by atoms with Crippen molar-refractivity contribution in [3.8, 4) is 5.75 Å². The fraction of sp³-hybridized carbons (Fsp3) is 0.571. The number of carbonyl (C=O) groups is 3. The SMILES string of the molecule is [B]c1cc(C[C@@H](OC(=O)N2CCC(N3CCc4ccccc4NC3=O)CC2)C(=O)N2CCC(N3CCC(O)(CO)CC3)CC2)cc(Br)c1O. The van der Waals surface area contributed by atoms with Crippen molar-refractivity contribution in [2.75, 3.05) is 57.7 Å². The number of anilines is 1. The van der Waals surface area contributed by atoms with Gasteiger partial charge in [0.2, 0.25) is 0 Å². The van der Waals surface area contributed by atoms with Gasteiger partial charge in [-0.05, 0) is 84.1 Å². The molecule has 4 amide bonds. The molecule has 49 heavy (non-hydrogen) atoms. The van der Waals surface area contributed by atoms with Crippen LogP contribution in [0.5, 0.6) is 5.75 Å². The third-order valence-corrected chi connectivity index (χ3v) is 11.3. The van der Waals surface area contributed by atoms with Crippen LogP contribution in [0.15, 0.2) is 40.9 Å². The number of nitrogens with zero attached hydrogens (tertiary/aromatic N) is 4. The van der Waals surface area contributed by atoms with Gasteiger partial charge in [-0.1, -0.05) is 29.7 Å². The Morgan fingerprint density at radius 2 is 1.63 bits per heavy atom. The number of phenolic OH excluding ortho intramolecular Hbond substituents is 1. The lowest BCUT2D eigenvalue weighted by atomic mass is 9.90. The Morgan fingerprint density at radius 3 is 2.31 bits per heavy atom. The molecule has 0 spiro atoms. The molecule has 3 fully saturated rings. The molecule has 0 aliphatic carbocycles. The molecular formula is C35H45BBrN5O7. The zero-order valence-corrected chi connectivity index (χ0v) is 29.3. The second-order valence-corrected chi connectivity index (χ2v) is 14.7. The second-order valence-electron chi connectivity index (χ2n) is 13.8. The highest BCUT2D eigenvalue weighted by molar-refractivity contribution is 9.10. The number of halogens is 1. The number of aliphatic hydroxyl groups is 2. The van der Waals surface area contributed by atoms with Gasteiger partial charge in [0.25, 0.3) is 5.91 Å². The maximum atomic E-state index is 14.0. The number of nitrogens with one attached hydrogen (secondary N) is 1. The van der Waals surface area contributed by atoms with E-state index in [-0.39, 0.29) is 48.3 Å². The molecule has 3 saturated heterocycles. The van der Waals surface area contributed by atoms with Crippen LogP contribution in [0.3, 0.4) is 0 Å². The van der Waals surface area contributed by atoms with Crippen molar-refractivity contribution in [2.45, 2.75) is 75.2 Å². The van der Waals surface area contributed by atoms with Crippen molar-refractivity contribution >= 4 is 53.0 Å². The highest BCUT2D eigenvalue weighted by Crippen LogP contribution is 2.29.